The molecule has 0 aliphatic carbocycles. The molecule has 0 saturated heterocycles. The molecule has 0 heterocycles. The minimum absolute atomic E-state index is 0.132. The van der Waals surface area contributed by atoms with Crippen LogP contribution in [0.1, 0.15) is 0 Å². The van der Waals surface area contributed by atoms with E-state index in [9.17, 15) is 4.39 Å². The SMILES string of the molecule is O=S(=O)(O)[C]F. The Hall–Kier alpha value is -0.160. The summed E-state index contributed by atoms with van der Waals surface area (Å²) >= 11 is 0. The van der Waals surface area contributed by atoms with E-state index in [1.54, 1.807) is 0 Å². The topological polar surface area (TPSA) is 54.4 Å². The van der Waals surface area contributed by atoms with E-state index in [0.717, 1.165) is 0 Å². The molecule has 2 radical (unpaired) electrons. The van der Waals surface area contributed by atoms with Crippen LogP contribution in [0.2, 0.25) is 0 Å². The van der Waals surface area contributed by atoms with E-state index in [4.69, 9.17) is 13.0 Å². The summed E-state index contributed by atoms with van der Waals surface area (Å²) < 4.78 is 35.9. The van der Waals surface area contributed by atoms with Crippen molar-refractivity contribution in [3.05, 3.63) is 6.01 Å². The lowest BCUT2D eigenvalue weighted by atomic mass is 11.8. The van der Waals surface area contributed by atoms with Crippen LogP contribution in [0.5, 0.6) is 0 Å². The summed E-state index contributed by atoms with van der Waals surface area (Å²) in [6.45, 7) is 0. The molecule has 0 aromatic carbocycles. The first kappa shape index (κ1) is 5.84. The van der Waals surface area contributed by atoms with Gasteiger partial charge in [0.15, 0.2) is 0 Å². The summed E-state index contributed by atoms with van der Waals surface area (Å²) in [6.07, 6.45) is 0. The van der Waals surface area contributed by atoms with Gasteiger partial charge >= 0.3 is 16.1 Å². The van der Waals surface area contributed by atoms with Crippen molar-refractivity contribution in [1.82, 2.24) is 0 Å². The maximum atomic E-state index is 10.4. The average molecular weight is 112 g/mol. The summed E-state index contributed by atoms with van der Waals surface area (Å²) in [4.78, 5) is 0. The lowest BCUT2D eigenvalue weighted by Gasteiger charge is -1.73. The van der Waals surface area contributed by atoms with E-state index >= 15 is 0 Å². The molecule has 0 bridgehead atoms. The van der Waals surface area contributed by atoms with E-state index in [1.165, 1.54) is 0 Å². The molecule has 0 aromatic heterocycles. The molecule has 0 amide bonds. The Morgan fingerprint density at radius 3 is 1.83 bits per heavy atom. The first-order valence-electron chi connectivity index (χ1n) is 0.909. The molecule has 5 heteroatoms. The molecule has 0 saturated carbocycles. The van der Waals surface area contributed by atoms with Gasteiger partial charge in [-0.25, -0.2) is 4.39 Å². The van der Waals surface area contributed by atoms with Gasteiger partial charge in [0.1, 0.15) is 0 Å². The molecule has 0 aromatic rings. The van der Waals surface area contributed by atoms with Gasteiger partial charge in [0.25, 0.3) is 0 Å². The van der Waals surface area contributed by atoms with Crippen molar-refractivity contribution in [2.24, 2.45) is 0 Å². The zero-order valence-electron chi connectivity index (χ0n) is 2.55. The maximum absolute atomic E-state index is 10.4. The lowest BCUT2D eigenvalue weighted by Crippen LogP contribution is -1.90. The number of hydrogen-bond acceptors (Lipinski definition) is 2. The highest BCUT2D eigenvalue weighted by Gasteiger charge is 2.02. The predicted molar refractivity (Wildman–Crippen MR) is 15.9 cm³/mol. The molecule has 0 atom stereocenters. The van der Waals surface area contributed by atoms with Gasteiger partial charge in [0.2, 0.25) is 0 Å². The van der Waals surface area contributed by atoms with Crippen LogP contribution in [0.4, 0.5) is 4.39 Å². The molecule has 3 nitrogen and oxygen atoms in total. The number of rotatable bonds is 1. The van der Waals surface area contributed by atoms with Crippen LogP contribution < -0.4 is 0 Å². The molecular formula is CHFO3S. The zero-order chi connectivity index (χ0) is 5.21. The zero-order valence-corrected chi connectivity index (χ0v) is 3.37. The second-order valence-electron chi connectivity index (χ2n) is 0.552. The summed E-state index contributed by atoms with van der Waals surface area (Å²) in [5.74, 6) is 0. The number of halogens is 1. The Labute approximate surface area is 34.5 Å². The molecule has 0 aliphatic rings. The third-order valence-corrected chi connectivity index (χ3v) is 0.292. The Morgan fingerprint density at radius 2 is 1.83 bits per heavy atom. The normalized spacial score (nSPS) is 11.7. The van der Waals surface area contributed by atoms with Crippen molar-refractivity contribution < 1.29 is 17.4 Å². The van der Waals surface area contributed by atoms with Crippen LogP contribution in [0, 0.1) is 6.01 Å². The molecule has 0 aliphatic heterocycles. The van der Waals surface area contributed by atoms with Gasteiger partial charge in [-0.3, -0.25) is 4.55 Å². The Balaban J connectivity index is 3.85. The predicted octanol–water partition coefficient (Wildman–Crippen LogP) is -0.160. The number of hydrogen-bond donors (Lipinski definition) is 1. The van der Waals surface area contributed by atoms with Crippen LogP contribution >= 0.6 is 0 Å². The molecular weight excluding hydrogens is 111 g/mol. The lowest BCUT2D eigenvalue weighted by molar-refractivity contribution is 0.471. The third-order valence-electron chi connectivity index (χ3n) is 0.0975. The molecule has 0 rings (SSSR count). The second-order valence-corrected chi connectivity index (χ2v) is 1.66. The molecule has 1 N–H and O–H groups in total. The molecule has 6 heavy (non-hydrogen) atoms. The van der Waals surface area contributed by atoms with Crippen molar-refractivity contribution in [1.29, 1.82) is 0 Å². The first-order valence-corrected chi connectivity index (χ1v) is 2.35. The molecule has 0 unspecified atom stereocenters. The fraction of sp³-hybridized carbons (Fsp3) is 0. The second kappa shape index (κ2) is 1.53. The third kappa shape index (κ3) is 3.84. The highest BCUT2D eigenvalue weighted by atomic mass is 32.2. The van der Waals surface area contributed by atoms with Gasteiger partial charge < -0.3 is 0 Å². The van der Waals surface area contributed by atoms with E-state index in [2.05, 4.69) is 0 Å². The largest absolute Gasteiger partial charge is 0.344 e. The fourth-order valence-corrected chi connectivity index (χ4v) is 0. The molecule has 0 fully saturated rings. The van der Waals surface area contributed by atoms with Gasteiger partial charge in [-0.2, -0.15) is 8.42 Å². The minimum Gasteiger partial charge on any atom is -0.283 e. The van der Waals surface area contributed by atoms with Crippen molar-refractivity contribution in [3.63, 3.8) is 0 Å². The van der Waals surface area contributed by atoms with Gasteiger partial charge in [-0.05, 0) is 0 Å². The summed E-state index contributed by atoms with van der Waals surface area (Å²) in [6, 6.07) is 0.132. The summed E-state index contributed by atoms with van der Waals surface area (Å²) in [5.41, 5.74) is 0. The standard InChI is InChI=1S/CHFO3S/c2-1-6(3,4)5/h(H,3,4,5). The van der Waals surface area contributed by atoms with Crippen molar-refractivity contribution in [3.8, 4) is 0 Å². The van der Waals surface area contributed by atoms with E-state index in [-0.39, 0.29) is 6.01 Å². The van der Waals surface area contributed by atoms with Crippen LogP contribution in [0.3, 0.4) is 0 Å². The quantitative estimate of drug-likeness (QED) is 0.479. The molecule has 0 spiro atoms. The highest BCUT2D eigenvalue weighted by molar-refractivity contribution is 7.87. The van der Waals surface area contributed by atoms with E-state index in [0.29, 0.717) is 0 Å². The Morgan fingerprint density at radius 1 is 1.67 bits per heavy atom. The van der Waals surface area contributed by atoms with Gasteiger partial charge in [-0.1, -0.05) is 0 Å². The fourth-order valence-electron chi connectivity index (χ4n) is 0. The first-order chi connectivity index (χ1) is 2.56. The van der Waals surface area contributed by atoms with Gasteiger partial charge in [0, 0.05) is 0 Å². The van der Waals surface area contributed by atoms with Crippen molar-refractivity contribution in [2.45, 2.75) is 0 Å². The van der Waals surface area contributed by atoms with Crippen molar-refractivity contribution >= 4 is 10.1 Å². The monoisotopic (exact) mass is 112 g/mol. The summed E-state index contributed by atoms with van der Waals surface area (Å²) in [5, 5.41) is 0. The Bertz CT molecular complexity index is 113. The van der Waals surface area contributed by atoms with Gasteiger partial charge in [0.05, 0.1) is 0 Å². The van der Waals surface area contributed by atoms with Crippen LogP contribution in [0.15, 0.2) is 0 Å². The minimum atomic E-state index is -4.58. The molecule has 36 valence electrons. The van der Waals surface area contributed by atoms with Crippen LogP contribution in [0.25, 0.3) is 0 Å². The van der Waals surface area contributed by atoms with Gasteiger partial charge in [-0.15, -0.1) is 0 Å². The summed E-state index contributed by atoms with van der Waals surface area (Å²) in [7, 11) is -4.58. The van der Waals surface area contributed by atoms with Crippen LogP contribution in [-0.2, 0) is 10.1 Å². The van der Waals surface area contributed by atoms with Crippen molar-refractivity contribution in [2.75, 3.05) is 0 Å². The van der Waals surface area contributed by atoms with E-state index < -0.39 is 10.1 Å². The van der Waals surface area contributed by atoms with Crippen LogP contribution in [-0.4, -0.2) is 13.0 Å². The smallest absolute Gasteiger partial charge is 0.283 e. The highest BCUT2D eigenvalue weighted by Crippen LogP contribution is 1.86. The maximum Gasteiger partial charge on any atom is 0.344 e. The average Bonchev–Trinajstić information content (AvgIpc) is 1.35. The van der Waals surface area contributed by atoms with E-state index in [1.807, 2.05) is 0 Å². The Kier molecular flexibility index (Phi) is 1.48.